The number of benzene rings is 1. The lowest BCUT2D eigenvalue weighted by molar-refractivity contribution is 0.0860. The third-order valence-electron chi connectivity index (χ3n) is 3.37. The number of Topliss-reactive ketones (excluding diaryl/α,β-unsaturated/α-hetero) is 1. The summed E-state index contributed by atoms with van der Waals surface area (Å²) in [4.78, 5) is 12.5. The highest BCUT2D eigenvalue weighted by Crippen LogP contribution is 2.29. The molecule has 96 valence electrons. The summed E-state index contributed by atoms with van der Waals surface area (Å²) < 4.78 is 2.17. The summed E-state index contributed by atoms with van der Waals surface area (Å²) >= 11 is 0. The second-order valence-corrected chi connectivity index (χ2v) is 5.88. The maximum Gasteiger partial charge on any atom is 0.170 e. The average Bonchev–Trinajstić information content (AvgIpc) is 2.67. The number of carbonyl (C=O) groups is 1. The van der Waals surface area contributed by atoms with Crippen LogP contribution < -0.4 is 0 Å². The Balaban J connectivity index is 2.74. The fourth-order valence-electron chi connectivity index (χ4n) is 2.38. The summed E-state index contributed by atoms with van der Waals surface area (Å²) in [6, 6.07) is 6.17. The fourth-order valence-corrected chi connectivity index (χ4v) is 2.38. The fraction of sp³-hybridized carbons (Fsp3) is 0.438. The Bertz CT molecular complexity index is 599. The van der Waals surface area contributed by atoms with Gasteiger partial charge in [0.15, 0.2) is 5.78 Å². The molecule has 2 nitrogen and oxygen atoms in total. The Morgan fingerprint density at radius 2 is 1.94 bits per heavy atom. The molecule has 0 unspecified atom stereocenters. The first-order valence-corrected chi connectivity index (χ1v) is 6.49. The Kier molecular flexibility index (Phi) is 3.05. The Morgan fingerprint density at radius 1 is 1.28 bits per heavy atom. The molecule has 18 heavy (non-hydrogen) atoms. The SMILES string of the molecule is CCn1cc(C(=O)C(C)(C)C)c2cccc(C)c21. The van der Waals surface area contributed by atoms with E-state index in [0.29, 0.717) is 0 Å². The summed E-state index contributed by atoms with van der Waals surface area (Å²) in [5.41, 5.74) is 2.93. The van der Waals surface area contributed by atoms with Gasteiger partial charge in [0, 0.05) is 29.1 Å². The van der Waals surface area contributed by atoms with Crippen LogP contribution in [-0.2, 0) is 6.54 Å². The minimum Gasteiger partial charge on any atom is -0.347 e. The standard InChI is InChI=1S/C16H21NO/c1-6-17-10-13(15(18)16(3,4)5)12-9-7-8-11(2)14(12)17/h7-10H,6H2,1-5H3. The van der Waals surface area contributed by atoms with Crippen LogP contribution in [0.2, 0.25) is 0 Å². The van der Waals surface area contributed by atoms with Crippen LogP contribution in [0.25, 0.3) is 10.9 Å². The van der Waals surface area contributed by atoms with E-state index in [0.717, 1.165) is 17.5 Å². The van der Waals surface area contributed by atoms with Gasteiger partial charge in [-0.05, 0) is 19.4 Å². The van der Waals surface area contributed by atoms with Crippen molar-refractivity contribution in [2.45, 2.75) is 41.2 Å². The van der Waals surface area contributed by atoms with E-state index in [9.17, 15) is 4.79 Å². The highest BCUT2D eigenvalue weighted by molar-refractivity contribution is 6.10. The molecule has 0 aliphatic carbocycles. The third kappa shape index (κ3) is 1.96. The molecule has 0 saturated carbocycles. The van der Waals surface area contributed by atoms with Gasteiger partial charge in [-0.25, -0.2) is 0 Å². The second kappa shape index (κ2) is 4.27. The summed E-state index contributed by atoms with van der Waals surface area (Å²) in [5.74, 6) is 0.213. The molecule has 0 spiro atoms. The summed E-state index contributed by atoms with van der Waals surface area (Å²) in [6.07, 6.45) is 2.01. The molecular formula is C16H21NO. The third-order valence-corrected chi connectivity index (χ3v) is 3.37. The summed E-state index contributed by atoms with van der Waals surface area (Å²) in [6.45, 7) is 11.0. The van der Waals surface area contributed by atoms with Gasteiger partial charge in [-0.15, -0.1) is 0 Å². The van der Waals surface area contributed by atoms with E-state index < -0.39 is 0 Å². The number of aryl methyl sites for hydroxylation is 2. The van der Waals surface area contributed by atoms with Crippen LogP contribution in [0, 0.1) is 12.3 Å². The number of fused-ring (bicyclic) bond motifs is 1. The van der Waals surface area contributed by atoms with Crippen LogP contribution in [-0.4, -0.2) is 10.4 Å². The molecule has 0 saturated heterocycles. The zero-order chi connectivity index (χ0) is 13.5. The zero-order valence-corrected chi connectivity index (χ0v) is 11.9. The van der Waals surface area contributed by atoms with Crippen LogP contribution in [0.3, 0.4) is 0 Å². The molecule has 0 fully saturated rings. The van der Waals surface area contributed by atoms with Gasteiger partial charge in [0.1, 0.15) is 0 Å². The number of hydrogen-bond donors (Lipinski definition) is 0. The number of nitrogens with zero attached hydrogens (tertiary/aromatic N) is 1. The number of para-hydroxylation sites is 1. The molecule has 0 atom stereocenters. The van der Waals surface area contributed by atoms with Gasteiger partial charge in [-0.2, -0.15) is 0 Å². The van der Waals surface area contributed by atoms with Gasteiger partial charge in [-0.1, -0.05) is 39.0 Å². The normalized spacial score (nSPS) is 12.1. The highest BCUT2D eigenvalue weighted by Gasteiger charge is 2.26. The minimum absolute atomic E-state index is 0.213. The first-order valence-electron chi connectivity index (χ1n) is 6.49. The van der Waals surface area contributed by atoms with E-state index in [-0.39, 0.29) is 11.2 Å². The highest BCUT2D eigenvalue weighted by atomic mass is 16.1. The molecule has 1 aromatic heterocycles. The molecule has 2 rings (SSSR count). The van der Waals surface area contributed by atoms with E-state index in [1.165, 1.54) is 11.1 Å². The van der Waals surface area contributed by atoms with Crippen molar-refractivity contribution in [3.05, 3.63) is 35.5 Å². The molecule has 1 aromatic carbocycles. The van der Waals surface area contributed by atoms with Gasteiger partial charge in [-0.3, -0.25) is 4.79 Å². The van der Waals surface area contributed by atoms with E-state index in [2.05, 4.69) is 24.5 Å². The molecule has 0 radical (unpaired) electrons. The lowest BCUT2D eigenvalue weighted by Crippen LogP contribution is -2.19. The van der Waals surface area contributed by atoms with Crippen molar-refractivity contribution in [3.63, 3.8) is 0 Å². The first-order chi connectivity index (χ1) is 8.36. The molecule has 0 bridgehead atoms. The second-order valence-electron chi connectivity index (χ2n) is 5.88. The molecule has 2 aromatic rings. The van der Waals surface area contributed by atoms with Gasteiger partial charge < -0.3 is 4.57 Å². The lowest BCUT2D eigenvalue weighted by atomic mass is 9.86. The number of rotatable bonds is 2. The largest absolute Gasteiger partial charge is 0.347 e. The molecule has 0 aliphatic rings. The van der Waals surface area contributed by atoms with Crippen LogP contribution in [0.4, 0.5) is 0 Å². The van der Waals surface area contributed by atoms with Crippen LogP contribution >= 0.6 is 0 Å². The Labute approximate surface area is 109 Å². The van der Waals surface area contributed by atoms with Crippen molar-refractivity contribution in [3.8, 4) is 0 Å². The summed E-state index contributed by atoms with van der Waals surface area (Å²) in [7, 11) is 0. The number of carbonyl (C=O) groups excluding carboxylic acids is 1. The molecule has 0 N–H and O–H groups in total. The molecule has 1 heterocycles. The van der Waals surface area contributed by atoms with Crippen molar-refractivity contribution in [2.24, 2.45) is 5.41 Å². The van der Waals surface area contributed by atoms with Crippen molar-refractivity contribution in [1.29, 1.82) is 0 Å². The predicted molar refractivity (Wildman–Crippen MR) is 76.1 cm³/mol. The van der Waals surface area contributed by atoms with E-state index in [1.807, 2.05) is 39.1 Å². The van der Waals surface area contributed by atoms with Crippen LogP contribution in [0.5, 0.6) is 0 Å². The van der Waals surface area contributed by atoms with Gasteiger partial charge >= 0.3 is 0 Å². The Hall–Kier alpha value is -1.57. The maximum absolute atomic E-state index is 12.5. The lowest BCUT2D eigenvalue weighted by Gasteiger charge is -2.15. The molecule has 0 amide bonds. The first kappa shape index (κ1) is 12.9. The van der Waals surface area contributed by atoms with Crippen molar-refractivity contribution >= 4 is 16.7 Å². The summed E-state index contributed by atoms with van der Waals surface area (Å²) in [5, 5.41) is 1.08. The van der Waals surface area contributed by atoms with Crippen molar-refractivity contribution in [1.82, 2.24) is 4.57 Å². The van der Waals surface area contributed by atoms with Crippen molar-refractivity contribution in [2.75, 3.05) is 0 Å². The molecule has 2 heteroatoms. The Morgan fingerprint density at radius 3 is 2.50 bits per heavy atom. The van der Waals surface area contributed by atoms with Crippen LogP contribution in [0.15, 0.2) is 24.4 Å². The quantitative estimate of drug-likeness (QED) is 0.725. The molecule has 0 aliphatic heterocycles. The predicted octanol–water partition coefficient (Wildman–Crippen LogP) is 4.20. The monoisotopic (exact) mass is 243 g/mol. The van der Waals surface area contributed by atoms with E-state index >= 15 is 0 Å². The number of hydrogen-bond acceptors (Lipinski definition) is 1. The van der Waals surface area contributed by atoms with Gasteiger partial charge in [0.05, 0.1) is 5.52 Å². The van der Waals surface area contributed by atoms with E-state index in [1.54, 1.807) is 0 Å². The average molecular weight is 243 g/mol. The zero-order valence-electron chi connectivity index (χ0n) is 11.9. The number of ketones is 1. The van der Waals surface area contributed by atoms with E-state index in [4.69, 9.17) is 0 Å². The minimum atomic E-state index is -0.337. The van der Waals surface area contributed by atoms with Gasteiger partial charge in [0.2, 0.25) is 0 Å². The van der Waals surface area contributed by atoms with Crippen molar-refractivity contribution < 1.29 is 4.79 Å². The smallest absolute Gasteiger partial charge is 0.170 e. The topological polar surface area (TPSA) is 22.0 Å². The van der Waals surface area contributed by atoms with Gasteiger partial charge in [0.25, 0.3) is 0 Å². The molecular weight excluding hydrogens is 222 g/mol. The maximum atomic E-state index is 12.5. The van der Waals surface area contributed by atoms with Crippen LogP contribution in [0.1, 0.15) is 43.6 Å². The number of aromatic nitrogens is 1.